The van der Waals surface area contributed by atoms with E-state index in [2.05, 4.69) is 0 Å². The van der Waals surface area contributed by atoms with Gasteiger partial charge in [-0.05, 0) is 43.3 Å². The van der Waals surface area contributed by atoms with Crippen molar-refractivity contribution in [3.05, 3.63) is 54.1 Å². The summed E-state index contributed by atoms with van der Waals surface area (Å²) in [5.74, 6) is 0.579. The molecule has 0 bridgehead atoms. The summed E-state index contributed by atoms with van der Waals surface area (Å²) in [6.07, 6.45) is -0.0837. The fourth-order valence-corrected chi connectivity index (χ4v) is 1.82. The highest BCUT2D eigenvalue weighted by molar-refractivity contribution is 5.80. The third-order valence-corrected chi connectivity index (χ3v) is 3.08. The van der Waals surface area contributed by atoms with Crippen LogP contribution in [-0.2, 0) is 9.59 Å². The second-order valence-electron chi connectivity index (χ2n) is 4.94. The van der Waals surface area contributed by atoms with Crippen molar-refractivity contribution in [2.75, 3.05) is 7.11 Å². The van der Waals surface area contributed by atoms with Crippen LogP contribution in [0.2, 0.25) is 0 Å². The molecule has 0 amide bonds. The maximum Gasteiger partial charge on any atom is 0.311 e. The Bertz CT molecular complexity index is 659. The Morgan fingerprint density at radius 3 is 1.57 bits per heavy atom. The van der Waals surface area contributed by atoms with Crippen LogP contribution in [0, 0.1) is 6.92 Å². The lowest BCUT2D eigenvalue weighted by Crippen LogP contribution is -2.14. The molecule has 2 aromatic rings. The number of carbonyl (C=O) groups excluding carboxylic acids is 2. The summed E-state index contributed by atoms with van der Waals surface area (Å²) >= 11 is 0. The SMILES string of the molecule is COc1ccc(OC(=O)CCC(=O)Oc2ccc(C)cc2)cc1. The summed E-state index contributed by atoms with van der Waals surface area (Å²) in [6, 6.07) is 13.7. The van der Waals surface area contributed by atoms with E-state index in [1.807, 2.05) is 19.1 Å². The molecule has 2 rings (SSSR count). The molecule has 5 nitrogen and oxygen atoms in total. The van der Waals surface area contributed by atoms with Crippen LogP contribution in [0.1, 0.15) is 18.4 Å². The highest BCUT2D eigenvalue weighted by atomic mass is 16.5. The molecule has 0 atom stereocenters. The van der Waals surface area contributed by atoms with E-state index in [4.69, 9.17) is 14.2 Å². The second kappa shape index (κ2) is 7.98. The Morgan fingerprint density at radius 2 is 1.13 bits per heavy atom. The van der Waals surface area contributed by atoms with Crippen molar-refractivity contribution in [1.29, 1.82) is 0 Å². The molecule has 0 radical (unpaired) electrons. The maximum absolute atomic E-state index is 11.7. The van der Waals surface area contributed by atoms with Crippen molar-refractivity contribution in [3.63, 3.8) is 0 Å². The first-order valence-corrected chi connectivity index (χ1v) is 7.19. The van der Waals surface area contributed by atoms with Gasteiger partial charge in [0.2, 0.25) is 0 Å². The predicted octanol–water partition coefficient (Wildman–Crippen LogP) is 3.29. The molecule has 0 aliphatic carbocycles. The van der Waals surface area contributed by atoms with Crippen molar-refractivity contribution in [1.82, 2.24) is 0 Å². The number of ether oxygens (including phenoxy) is 3. The van der Waals surface area contributed by atoms with Crippen LogP contribution in [0.15, 0.2) is 48.5 Å². The maximum atomic E-state index is 11.7. The number of carbonyl (C=O) groups is 2. The number of benzene rings is 2. The van der Waals surface area contributed by atoms with E-state index in [-0.39, 0.29) is 12.8 Å². The average molecular weight is 314 g/mol. The standard InChI is InChI=1S/C18H18O5/c1-13-3-5-15(6-4-13)22-17(19)11-12-18(20)23-16-9-7-14(21-2)8-10-16/h3-10H,11-12H2,1-2H3. The molecule has 2 aromatic carbocycles. The lowest BCUT2D eigenvalue weighted by Gasteiger charge is -2.06. The predicted molar refractivity (Wildman–Crippen MR) is 84.7 cm³/mol. The summed E-state index contributed by atoms with van der Waals surface area (Å²) in [5, 5.41) is 0. The molecular formula is C18H18O5. The molecule has 0 aromatic heterocycles. The Morgan fingerprint density at radius 1 is 0.739 bits per heavy atom. The van der Waals surface area contributed by atoms with Gasteiger partial charge in [-0.25, -0.2) is 0 Å². The van der Waals surface area contributed by atoms with E-state index in [1.165, 1.54) is 0 Å². The van der Waals surface area contributed by atoms with E-state index in [0.717, 1.165) is 5.56 Å². The van der Waals surface area contributed by atoms with Gasteiger partial charge in [0.25, 0.3) is 0 Å². The minimum atomic E-state index is -0.490. The summed E-state index contributed by atoms with van der Waals surface area (Å²) in [6.45, 7) is 1.95. The molecule has 0 spiro atoms. The van der Waals surface area contributed by atoms with E-state index >= 15 is 0 Å². The number of esters is 2. The smallest absolute Gasteiger partial charge is 0.311 e. The number of hydrogen-bond donors (Lipinski definition) is 0. The van der Waals surface area contributed by atoms with Crippen molar-refractivity contribution < 1.29 is 23.8 Å². The number of rotatable bonds is 6. The number of hydrogen-bond acceptors (Lipinski definition) is 5. The lowest BCUT2D eigenvalue weighted by molar-refractivity contribution is -0.140. The normalized spacial score (nSPS) is 10.0. The topological polar surface area (TPSA) is 61.8 Å². The third-order valence-electron chi connectivity index (χ3n) is 3.08. The summed E-state index contributed by atoms with van der Waals surface area (Å²) < 4.78 is 15.3. The summed E-state index contributed by atoms with van der Waals surface area (Å²) in [5.41, 5.74) is 1.08. The van der Waals surface area contributed by atoms with Gasteiger partial charge >= 0.3 is 11.9 Å². The van der Waals surface area contributed by atoms with Gasteiger partial charge in [-0.3, -0.25) is 9.59 Å². The average Bonchev–Trinajstić information content (AvgIpc) is 2.56. The first-order valence-electron chi connectivity index (χ1n) is 7.19. The zero-order valence-corrected chi connectivity index (χ0v) is 13.1. The minimum absolute atomic E-state index is 0.0388. The van der Waals surface area contributed by atoms with E-state index in [0.29, 0.717) is 17.2 Å². The fraction of sp³-hybridized carbons (Fsp3) is 0.222. The van der Waals surface area contributed by atoms with Gasteiger partial charge in [0.15, 0.2) is 0 Å². The van der Waals surface area contributed by atoms with Crippen molar-refractivity contribution >= 4 is 11.9 Å². The Labute approximate surface area is 134 Å². The Hall–Kier alpha value is -2.82. The molecular weight excluding hydrogens is 296 g/mol. The highest BCUT2D eigenvalue weighted by Gasteiger charge is 2.11. The van der Waals surface area contributed by atoms with Gasteiger partial charge in [0.05, 0.1) is 20.0 Å². The van der Waals surface area contributed by atoms with Gasteiger partial charge in [-0.2, -0.15) is 0 Å². The Kier molecular flexibility index (Phi) is 5.74. The first kappa shape index (κ1) is 16.5. The molecule has 0 heterocycles. The quantitative estimate of drug-likeness (QED) is 0.605. The molecule has 0 unspecified atom stereocenters. The molecule has 0 fully saturated rings. The molecule has 0 saturated heterocycles. The monoisotopic (exact) mass is 314 g/mol. The molecule has 0 saturated carbocycles. The molecule has 120 valence electrons. The van der Waals surface area contributed by atoms with Crippen LogP contribution in [0.25, 0.3) is 0 Å². The van der Waals surface area contributed by atoms with Crippen LogP contribution in [0.5, 0.6) is 17.2 Å². The fourth-order valence-electron chi connectivity index (χ4n) is 1.82. The Balaban J connectivity index is 1.76. The minimum Gasteiger partial charge on any atom is -0.497 e. The van der Waals surface area contributed by atoms with E-state index in [1.54, 1.807) is 43.5 Å². The molecule has 0 aliphatic heterocycles. The van der Waals surface area contributed by atoms with Crippen LogP contribution in [0.4, 0.5) is 0 Å². The van der Waals surface area contributed by atoms with Crippen LogP contribution < -0.4 is 14.2 Å². The molecule has 5 heteroatoms. The van der Waals surface area contributed by atoms with Gasteiger partial charge in [-0.1, -0.05) is 17.7 Å². The second-order valence-corrected chi connectivity index (χ2v) is 4.94. The summed E-state index contributed by atoms with van der Waals surface area (Å²) in [7, 11) is 1.56. The van der Waals surface area contributed by atoms with Crippen LogP contribution >= 0.6 is 0 Å². The van der Waals surface area contributed by atoms with Crippen LogP contribution in [0.3, 0.4) is 0 Å². The third kappa shape index (κ3) is 5.47. The van der Waals surface area contributed by atoms with Crippen molar-refractivity contribution in [3.8, 4) is 17.2 Å². The van der Waals surface area contributed by atoms with E-state index in [9.17, 15) is 9.59 Å². The van der Waals surface area contributed by atoms with Crippen molar-refractivity contribution in [2.24, 2.45) is 0 Å². The largest absolute Gasteiger partial charge is 0.497 e. The lowest BCUT2D eigenvalue weighted by atomic mass is 10.2. The van der Waals surface area contributed by atoms with Gasteiger partial charge in [-0.15, -0.1) is 0 Å². The highest BCUT2D eigenvalue weighted by Crippen LogP contribution is 2.18. The molecule has 0 aliphatic rings. The van der Waals surface area contributed by atoms with Crippen LogP contribution in [-0.4, -0.2) is 19.0 Å². The van der Waals surface area contributed by atoms with Gasteiger partial charge < -0.3 is 14.2 Å². The molecule has 23 heavy (non-hydrogen) atoms. The number of aryl methyl sites for hydroxylation is 1. The number of methoxy groups -OCH3 is 1. The van der Waals surface area contributed by atoms with Gasteiger partial charge in [0.1, 0.15) is 17.2 Å². The van der Waals surface area contributed by atoms with Crippen molar-refractivity contribution in [2.45, 2.75) is 19.8 Å². The van der Waals surface area contributed by atoms with E-state index < -0.39 is 11.9 Å². The zero-order chi connectivity index (χ0) is 16.7. The zero-order valence-electron chi connectivity index (χ0n) is 13.1. The summed E-state index contributed by atoms with van der Waals surface area (Å²) in [4.78, 5) is 23.4. The van der Waals surface area contributed by atoms with Gasteiger partial charge in [0, 0.05) is 0 Å². The first-order chi connectivity index (χ1) is 11.1. The molecule has 0 N–H and O–H groups in total.